The molecule has 5 rings (SSSR count). The van der Waals surface area contributed by atoms with Crippen molar-refractivity contribution < 1.29 is 9.59 Å². The molecule has 0 saturated carbocycles. The summed E-state index contributed by atoms with van der Waals surface area (Å²) in [6.07, 6.45) is 0.608. The molecular weight excluding hydrogens is 503 g/mol. The highest BCUT2D eigenvalue weighted by atomic mass is 35.5. The van der Waals surface area contributed by atoms with Gasteiger partial charge < -0.3 is 0 Å². The van der Waals surface area contributed by atoms with Crippen LogP contribution in [0, 0.1) is 5.41 Å². The Labute approximate surface area is 217 Å². The van der Waals surface area contributed by atoms with Gasteiger partial charge in [0.1, 0.15) is 5.25 Å². The molecule has 1 fully saturated rings. The maximum Gasteiger partial charge on any atom is 0.247 e. The molecule has 0 spiro atoms. The first kappa shape index (κ1) is 23.6. The van der Waals surface area contributed by atoms with Crippen LogP contribution in [0.3, 0.4) is 0 Å². The Kier molecular flexibility index (Phi) is 6.65. The van der Waals surface area contributed by atoms with Crippen molar-refractivity contribution in [2.24, 2.45) is 5.10 Å². The van der Waals surface area contributed by atoms with Crippen molar-refractivity contribution in [2.75, 3.05) is 4.90 Å². The number of carbonyl (C=O) groups excluding carboxylic acids is 2. The van der Waals surface area contributed by atoms with Gasteiger partial charge >= 0.3 is 0 Å². The number of carbonyl (C=O) groups is 2. The van der Waals surface area contributed by atoms with Crippen LogP contribution in [0.15, 0.2) is 84.0 Å². The van der Waals surface area contributed by atoms with Crippen molar-refractivity contribution in [1.29, 1.82) is 5.41 Å². The second-order valence-corrected chi connectivity index (χ2v) is 10.3. The van der Waals surface area contributed by atoms with Crippen LogP contribution < -0.4 is 4.90 Å². The van der Waals surface area contributed by atoms with Crippen LogP contribution >= 0.6 is 35.0 Å². The number of rotatable bonds is 4. The predicted molar refractivity (Wildman–Crippen MR) is 141 cm³/mol. The lowest BCUT2D eigenvalue weighted by atomic mass is 9.99. The van der Waals surface area contributed by atoms with E-state index in [9.17, 15) is 9.59 Å². The molecule has 0 aliphatic carbocycles. The molecule has 2 heterocycles. The third-order valence-electron chi connectivity index (χ3n) is 5.87. The lowest BCUT2D eigenvalue weighted by Crippen LogP contribution is -2.32. The molecule has 3 aromatic rings. The van der Waals surface area contributed by atoms with Gasteiger partial charge in [-0.1, -0.05) is 95.6 Å². The summed E-state index contributed by atoms with van der Waals surface area (Å²) >= 11 is 13.2. The maximum atomic E-state index is 13.2. The zero-order valence-electron chi connectivity index (χ0n) is 18.4. The average Bonchev–Trinajstić information content (AvgIpc) is 3.41. The Morgan fingerprint density at radius 1 is 0.914 bits per heavy atom. The number of benzene rings is 3. The van der Waals surface area contributed by atoms with Crippen molar-refractivity contribution in [3.63, 3.8) is 0 Å². The number of amidine groups is 1. The molecule has 9 heteroatoms. The van der Waals surface area contributed by atoms with E-state index in [1.54, 1.807) is 11.1 Å². The normalized spacial score (nSPS) is 19.9. The standard InChI is InChI=1S/C26H20Cl2N4O2S/c27-18-11-19(28)13-20(12-18)31-24(33)15-23(25(31)34)35-26(29)32-22(17-9-5-2-6-10-17)14-21(30-32)16-7-3-1-4-8-16/h1-13,22-23,29H,14-15H2/t22-,23-/m0/s1. The minimum Gasteiger partial charge on any atom is -0.277 e. The number of amides is 2. The number of anilines is 1. The maximum absolute atomic E-state index is 13.2. The van der Waals surface area contributed by atoms with Crippen molar-refractivity contribution in [2.45, 2.75) is 24.1 Å². The zero-order chi connectivity index (χ0) is 24.5. The molecule has 2 aliphatic rings. The number of hydrogen-bond acceptors (Lipinski definition) is 5. The van der Waals surface area contributed by atoms with Crippen LogP contribution in [0.2, 0.25) is 10.0 Å². The molecule has 3 aromatic carbocycles. The topological polar surface area (TPSA) is 76.8 Å². The number of halogens is 2. The van der Waals surface area contributed by atoms with Crippen molar-refractivity contribution in [1.82, 2.24) is 5.01 Å². The van der Waals surface area contributed by atoms with Crippen molar-refractivity contribution >= 4 is 63.3 Å². The molecule has 35 heavy (non-hydrogen) atoms. The fraction of sp³-hybridized carbons (Fsp3) is 0.154. The number of hydrogen-bond donors (Lipinski definition) is 1. The average molecular weight is 523 g/mol. The fourth-order valence-electron chi connectivity index (χ4n) is 4.26. The second-order valence-electron chi connectivity index (χ2n) is 8.20. The van der Waals surface area contributed by atoms with E-state index in [1.165, 1.54) is 12.1 Å². The summed E-state index contributed by atoms with van der Waals surface area (Å²) < 4.78 is 0. The first-order valence-electron chi connectivity index (χ1n) is 11.0. The van der Waals surface area contributed by atoms with Crippen LogP contribution in [0.5, 0.6) is 0 Å². The Balaban J connectivity index is 1.39. The molecule has 2 amide bonds. The summed E-state index contributed by atoms with van der Waals surface area (Å²) in [7, 11) is 0. The zero-order valence-corrected chi connectivity index (χ0v) is 20.7. The van der Waals surface area contributed by atoms with E-state index >= 15 is 0 Å². The monoisotopic (exact) mass is 522 g/mol. The van der Waals surface area contributed by atoms with Gasteiger partial charge in [-0.05, 0) is 29.3 Å². The van der Waals surface area contributed by atoms with Gasteiger partial charge in [-0.3, -0.25) is 15.0 Å². The fourth-order valence-corrected chi connectivity index (χ4v) is 5.75. The summed E-state index contributed by atoms with van der Waals surface area (Å²) in [6, 6.07) is 24.1. The van der Waals surface area contributed by atoms with E-state index in [-0.39, 0.29) is 23.5 Å². The van der Waals surface area contributed by atoms with E-state index < -0.39 is 11.2 Å². The molecule has 1 saturated heterocycles. The number of nitrogens with zero attached hydrogens (tertiary/aromatic N) is 3. The Morgan fingerprint density at radius 2 is 1.54 bits per heavy atom. The third kappa shape index (κ3) is 4.85. The van der Waals surface area contributed by atoms with E-state index in [1.807, 2.05) is 60.7 Å². The van der Waals surface area contributed by atoms with Gasteiger partial charge in [0.05, 0.1) is 17.4 Å². The minimum atomic E-state index is -0.736. The Morgan fingerprint density at radius 3 is 2.20 bits per heavy atom. The lowest BCUT2D eigenvalue weighted by molar-refractivity contribution is -0.121. The van der Waals surface area contributed by atoms with Gasteiger partial charge in [0.2, 0.25) is 11.8 Å². The van der Waals surface area contributed by atoms with Crippen LogP contribution in [-0.4, -0.2) is 33.0 Å². The molecule has 176 valence electrons. The molecule has 0 unspecified atom stereocenters. The summed E-state index contributed by atoms with van der Waals surface area (Å²) in [5, 5.41) is 15.3. The number of nitrogens with one attached hydrogen (secondary N) is 1. The Bertz CT molecular complexity index is 1310. The Hall–Kier alpha value is -3.13. The molecule has 0 radical (unpaired) electrons. The summed E-state index contributed by atoms with van der Waals surface area (Å²) in [6.45, 7) is 0. The van der Waals surface area contributed by atoms with Crippen LogP contribution in [0.1, 0.15) is 30.0 Å². The molecule has 0 bridgehead atoms. The summed E-state index contributed by atoms with van der Waals surface area (Å²) in [5.74, 6) is -0.751. The highest BCUT2D eigenvalue weighted by molar-refractivity contribution is 8.14. The number of hydrazone groups is 1. The summed E-state index contributed by atoms with van der Waals surface area (Å²) in [5.41, 5.74) is 3.22. The highest BCUT2D eigenvalue weighted by Gasteiger charge is 2.42. The minimum absolute atomic E-state index is 0.0187. The molecule has 1 N–H and O–H groups in total. The molecular formula is C26H20Cl2N4O2S. The smallest absolute Gasteiger partial charge is 0.247 e. The van der Waals surface area contributed by atoms with Crippen LogP contribution in [0.4, 0.5) is 5.69 Å². The van der Waals surface area contributed by atoms with Gasteiger partial charge in [-0.2, -0.15) is 5.10 Å². The number of thioether (sulfide) groups is 1. The van der Waals surface area contributed by atoms with E-state index in [4.69, 9.17) is 33.7 Å². The van der Waals surface area contributed by atoms with E-state index in [0.717, 1.165) is 33.5 Å². The SMILES string of the molecule is N=C(S[C@H]1CC(=O)N(c2cc(Cl)cc(Cl)c2)C1=O)N1N=C(c2ccccc2)C[C@H]1c1ccccc1. The summed E-state index contributed by atoms with van der Waals surface area (Å²) in [4.78, 5) is 27.0. The van der Waals surface area contributed by atoms with Gasteiger partial charge in [0.15, 0.2) is 5.17 Å². The van der Waals surface area contributed by atoms with Crippen molar-refractivity contribution in [3.05, 3.63) is 100 Å². The van der Waals surface area contributed by atoms with Gasteiger partial charge in [0.25, 0.3) is 0 Å². The number of imide groups is 1. The van der Waals surface area contributed by atoms with Crippen LogP contribution in [-0.2, 0) is 9.59 Å². The molecule has 6 nitrogen and oxygen atoms in total. The lowest BCUT2D eigenvalue weighted by Gasteiger charge is -2.24. The highest BCUT2D eigenvalue weighted by Crippen LogP contribution is 2.38. The van der Waals surface area contributed by atoms with Gasteiger partial charge in [0, 0.05) is 22.9 Å². The van der Waals surface area contributed by atoms with Gasteiger partial charge in [-0.15, -0.1) is 0 Å². The van der Waals surface area contributed by atoms with Crippen molar-refractivity contribution in [3.8, 4) is 0 Å². The first-order valence-corrected chi connectivity index (χ1v) is 12.6. The first-order chi connectivity index (χ1) is 16.9. The van der Waals surface area contributed by atoms with E-state index in [2.05, 4.69) is 0 Å². The van der Waals surface area contributed by atoms with Gasteiger partial charge in [-0.25, -0.2) is 9.91 Å². The van der Waals surface area contributed by atoms with Crippen LogP contribution in [0.25, 0.3) is 0 Å². The predicted octanol–water partition coefficient (Wildman–Crippen LogP) is 6.14. The quantitative estimate of drug-likeness (QED) is 0.253. The third-order valence-corrected chi connectivity index (χ3v) is 7.37. The largest absolute Gasteiger partial charge is 0.277 e. The second kappa shape index (κ2) is 9.85. The molecule has 2 atom stereocenters. The van der Waals surface area contributed by atoms with E-state index in [0.29, 0.717) is 22.2 Å². The molecule has 0 aromatic heterocycles. The molecule has 2 aliphatic heterocycles.